The van der Waals surface area contributed by atoms with Crippen LogP contribution in [0.5, 0.6) is 0 Å². The molecule has 3 rings (SSSR count). The summed E-state index contributed by atoms with van der Waals surface area (Å²) >= 11 is 2.17. The highest BCUT2D eigenvalue weighted by molar-refractivity contribution is 14.1. The summed E-state index contributed by atoms with van der Waals surface area (Å²) in [5.74, 6) is 1.55. The number of halogens is 1. The lowest BCUT2D eigenvalue weighted by molar-refractivity contribution is -0.165. The molecule has 0 aromatic heterocycles. The van der Waals surface area contributed by atoms with Gasteiger partial charge in [0, 0.05) is 12.6 Å². The summed E-state index contributed by atoms with van der Waals surface area (Å²) in [7, 11) is 0. The Labute approximate surface area is 140 Å². The monoisotopic (exact) mass is 407 g/mol. The van der Waals surface area contributed by atoms with E-state index in [0.717, 1.165) is 38.1 Å². The number of hydrogen-bond acceptors (Lipinski definition) is 4. The van der Waals surface area contributed by atoms with Crippen LogP contribution in [-0.4, -0.2) is 39.3 Å². The number of fused-ring (bicyclic) bond motifs is 2. The quantitative estimate of drug-likeness (QED) is 0.325. The number of hydrogen-bond donors (Lipinski definition) is 2. The highest BCUT2D eigenvalue weighted by atomic mass is 127. The molecule has 4 nitrogen and oxygen atoms in total. The number of aliphatic hydroxyl groups is 1. The number of rotatable bonds is 4. The number of alkyl halides is 1. The summed E-state index contributed by atoms with van der Waals surface area (Å²) in [4.78, 5) is 12.3. The summed E-state index contributed by atoms with van der Waals surface area (Å²) in [5.41, 5.74) is -0.801. The summed E-state index contributed by atoms with van der Waals surface area (Å²) in [6.45, 7) is 5.23. The van der Waals surface area contributed by atoms with E-state index in [1.807, 2.05) is 6.92 Å². The van der Waals surface area contributed by atoms with Crippen LogP contribution in [0.15, 0.2) is 0 Å². The van der Waals surface area contributed by atoms with E-state index < -0.39 is 9.02 Å². The summed E-state index contributed by atoms with van der Waals surface area (Å²) in [6.07, 6.45) is 5.31. The predicted octanol–water partition coefficient (Wildman–Crippen LogP) is 2.27. The van der Waals surface area contributed by atoms with Crippen molar-refractivity contribution in [3.8, 4) is 0 Å². The molecule has 2 N–H and O–H groups in total. The molecule has 120 valence electrons. The Bertz CT molecular complexity index is 422. The lowest BCUT2D eigenvalue weighted by atomic mass is 9.62. The second-order valence-corrected chi connectivity index (χ2v) is 9.87. The third kappa shape index (κ3) is 3.24. The normalized spacial score (nSPS) is 44.8. The minimum atomic E-state index is -0.801. The number of ether oxygens (including phenoxy) is 1. The van der Waals surface area contributed by atoms with Crippen molar-refractivity contribution in [2.45, 2.75) is 61.0 Å². The minimum Gasteiger partial charge on any atom is -0.462 e. The van der Waals surface area contributed by atoms with Crippen LogP contribution < -0.4 is 5.32 Å². The Morgan fingerprint density at radius 3 is 2.86 bits per heavy atom. The van der Waals surface area contributed by atoms with Gasteiger partial charge in [-0.05, 0) is 56.8 Å². The van der Waals surface area contributed by atoms with E-state index in [-0.39, 0.29) is 18.6 Å². The maximum absolute atomic E-state index is 12.3. The molecule has 2 bridgehead atoms. The van der Waals surface area contributed by atoms with Gasteiger partial charge in [0.15, 0.2) is 0 Å². The molecule has 5 heteroatoms. The summed E-state index contributed by atoms with van der Waals surface area (Å²) in [5, 5.41) is 14.1. The molecule has 0 aromatic rings. The number of nitrogens with one attached hydrogen (secondary N) is 1. The topological polar surface area (TPSA) is 68.5 Å². The van der Waals surface area contributed by atoms with E-state index in [1.165, 1.54) is 6.42 Å². The zero-order valence-electron chi connectivity index (χ0n) is 12.9. The van der Waals surface area contributed by atoms with Crippen LogP contribution in [0.2, 0.25) is 0 Å². The molecule has 1 heterocycles. The molecule has 6 unspecified atom stereocenters. The van der Waals surface area contributed by atoms with Crippen LogP contribution in [0.3, 0.4) is 0 Å². The van der Waals surface area contributed by atoms with Gasteiger partial charge in [-0.2, -0.15) is 0 Å². The maximum Gasteiger partial charge on any atom is 0.323 e. The average molecular weight is 407 g/mol. The van der Waals surface area contributed by atoms with Crippen molar-refractivity contribution in [2.75, 3.05) is 13.2 Å². The van der Waals surface area contributed by atoms with Crippen LogP contribution in [0.25, 0.3) is 0 Å². The number of carbonyl (C=O) groups excluding carboxylic acids is 1. The Morgan fingerprint density at radius 1 is 1.48 bits per heavy atom. The standard InChI is InChI=1S/C16H26INO3/c1-10-5-11-3-4-16(20,12(6-10)7-11)9-21-14(19)15(2,17)13-8-18-13/h10-13,18,20H,3-9H2,1-2H3. The lowest BCUT2D eigenvalue weighted by Crippen LogP contribution is -2.51. The van der Waals surface area contributed by atoms with Crippen LogP contribution in [-0.2, 0) is 9.53 Å². The summed E-state index contributed by atoms with van der Waals surface area (Å²) < 4.78 is 5.02. The molecule has 2 saturated carbocycles. The fraction of sp³-hybridized carbons (Fsp3) is 0.938. The molecule has 3 fully saturated rings. The predicted molar refractivity (Wildman–Crippen MR) is 89.4 cm³/mol. The highest BCUT2D eigenvalue weighted by Gasteiger charge is 2.49. The van der Waals surface area contributed by atoms with E-state index >= 15 is 0 Å². The molecule has 0 radical (unpaired) electrons. The van der Waals surface area contributed by atoms with Gasteiger partial charge < -0.3 is 15.2 Å². The maximum atomic E-state index is 12.3. The van der Waals surface area contributed by atoms with Crippen LogP contribution in [0.1, 0.15) is 46.0 Å². The largest absolute Gasteiger partial charge is 0.462 e. The molecular weight excluding hydrogens is 381 g/mol. The molecule has 0 aromatic carbocycles. The van der Waals surface area contributed by atoms with Crippen molar-refractivity contribution < 1.29 is 14.6 Å². The van der Waals surface area contributed by atoms with Crippen molar-refractivity contribution in [1.82, 2.24) is 5.32 Å². The Kier molecular flexibility index (Phi) is 4.29. The van der Waals surface area contributed by atoms with E-state index in [0.29, 0.717) is 11.8 Å². The Balaban J connectivity index is 1.60. The van der Waals surface area contributed by atoms with Gasteiger partial charge in [0.05, 0.1) is 0 Å². The van der Waals surface area contributed by atoms with E-state index in [9.17, 15) is 9.90 Å². The zero-order valence-corrected chi connectivity index (χ0v) is 15.1. The van der Waals surface area contributed by atoms with E-state index in [1.54, 1.807) is 0 Å². The molecule has 1 aliphatic heterocycles. The second kappa shape index (κ2) is 5.64. The SMILES string of the molecule is CC1CC2CCC(O)(COC(=O)C(C)(I)C3CN3)C(C1)C2. The average Bonchev–Trinajstić information content (AvgIpc) is 3.25. The van der Waals surface area contributed by atoms with Gasteiger partial charge in [0.25, 0.3) is 0 Å². The van der Waals surface area contributed by atoms with Crippen molar-refractivity contribution in [1.29, 1.82) is 0 Å². The van der Waals surface area contributed by atoms with Gasteiger partial charge in [-0.3, -0.25) is 4.79 Å². The summed E-state index contributed by atoms with van der Waals surface area (Å²) in [6, 6.07) is 0.214. The van der Waals surface area contributed by atoms with E-state index in [4.69, 9.17) is 4.74 Å². The van der Waals surface area contributed by atoms with Gasteiger partial charge in [-0.1, -0.05) is 29.5 Å². The molecule has 21 heavy (non-hydrogen) atoms. The van der Waals surface area contributed by atoms with Crippen LogP contribution in [0.4, 0.5) is 0 Å². The zero-order chi connectivity index (χ0) is 15.3. The Morgan fingerprint density at radius 2 is 2.19 bits per heavy atom. The first-order valence-electron chi connectivity index (χ1n) is 8.13. The van der Waals surface area contributed by atoms with Gasteiger partial charge in [-0.15, -0.1) is 0 Å². The van der Waals surface area contributed by atoms with Crippen LogP contribution in [0, 0.1) is 17.8 Å². The van der Waals surface area contributed by atoms with Crippen molar-refractivity contribution in [2.24, 2.45) is 17.8 Å². The first-order valence-corrected chi connectivity index (χ1v) is 9.21. The number of esters is 1. The number of carbonyl (C=O) groups is 1. The molecule has 0 amide bonds. The smallest absolute Gasteiger partial charge is 0.323 e. The third-order valence-corrected chi connectivity index (χ3v) is 6.89. The molecule has 3 aliphatic rings. The molecule has 1 saturated heterocycles. The first kappa shape index (κ1) is 16.0. The van der Waals surface area contributed by atoms with Crippen molar-refractivity contribution in [3.63, 3.8) is 0 Å². The molecular formula is C16H26INO3. The second-order valence-electron chi connectivity index (χ2n) is 7.63. The van der Waals surface area contributed by atoms with Crippen LogP contribution >= 0.6 is 22.6 Å². The molecule has 2 aliphatic carbocycles. The fourth-order valence-electron chi connectivity index (χ4n) is 4.18. The first-order chi connectivity index (χ1) is 9.81. The van der Waals surface area contributed by atoms with E-state index in [2.05, 4.69) is 34.8 Å². The molecule has 6 atom stereocenters. The minimum absolute atomic E-state index is 0.168. The van der Waals surface area contributed by atoms with Gasteiger partial charge in [-0.25, -0.2) is 0 Å². The van der Waals surface area contributed by atoms with Gasteiger partial charge in [0.2, 0.25) is 0 Å². The molecule has 0 spiro atoms. The van der Waals surface area contributed by atoms with Gasteiger partial charge >= 0.3 is 5.97 Å². The highest BCUT2D eigenvalue weighted by Crippen LogP contribution is 2.47. The van der Waals surface area contributed by atoms with Gasteiger partial charge in [0.1, 0.15) is 15.6 Å². The fourth-order valence-corrected chi connectivity index (χ4v) is 4.78. The van der Waals surface area contributed by atoms with Crippen molar-refractivity contribution in [3.05, 3.63) is 0 Å². The van der Waals surface area contributed by atoms with Crippen molar-refractivity contribution >= 4 is 28.6 Å². The Hall–Kier alpha value is 0.120. The third-order valence-electron chi connectivity index (χ3n) is 5.70. The lowest BCUT2D eigenvalue weighted by Gasteiger charge is -2.47.